The van der Waals surface area contributed by atoms with Crippen LogP contribution in [0.2, 0.25) is 0 Å². The van der Waals surface area contributed by atoms with E-state index in [0.717, 1.165) is 53.8 Å². The van der Waals surface area contributed by atoms with E-state index in [1.807, 2.05) is 36.2 Å². The number of hydrogen-bond acceptors (Lipinski definition) is 9. The topological polar surface area (TPSA) is 121 Å². The van der Waals surface area contributed by atoms with E-state index >= 15 is 0 Å². The van der Waals surface area contributed by atoms with Crippen molar-refractivity contribution < 1.29 is 23.7 Å². The van der Waals surface area contributed by atoms with E-state index in [1.54, 1.807) is 6.20 Å². The summed E-state index contributed by atoms with van der Waals surface area (Å²) < 4.78 is 22.8. The Labute approximate surface area is 233 Å². The summed E-state index contributed by atoms with van der Waals surface area (Å²) in [6, 6.07) is 7.62. The maximum Gasteiger partial charge on any atom is 0.227 e. The zero-order valence-corrected chi connectivity index (χ0v) is 23.8. The highest BCUT2D eigenvalue weighted by Gasteiger charge is 2.27. The molecule has 0 saturated heterocycles. The van der Waals surface area contributed by atoms with E-state index in [-0.39, 0.29) is 11.8 Å². The Kier molecular flexibility index (Phi) is 13.8. The Morgan fingerprint density at radius 1 is 1.05 bits per heavy atom. The Hall–Kier alpha value is -2.31. The minimum absolute atomic E-state index is 0.231. The summed E-state index contributed by atoms with van der Waals surface area (Å²) in [6.45, 7) is 4.83. The highest BCUT2D eigenvalue weighted by Crippen LogP contribution is 2.28. The first-order valence-electron chi connectivity index (χ1n) is 13.3. The summed E-state index contributed by atoms with van der Waals surface area (Å²) >= 11 is 3.55. The van der Waals surface area contributed by atoms with E-state index in [1.165, 1.54) is 6.42 Å². The van der Waals surface area contributed by atoms with Gasteiger partial charge >= 0.3 is 0 Å². The van der Waals surface area contributed by atoms with Gasteiger partial charge in [-0.15, -0.1) is 0 Å². The second-order valence-electron chi connectivity index (χ2n) is 9.10. The minimum Gasteiger partial charge on any atom is -0.491 e. The van der Waals surface area contributed by atoms with Crippen LogP contribution in [0.5, 0.6) is 5.75 Å². The molecule has 1 aliphatic rings. The van der Waals surface area contributed by atoms with Gasteiger partial charge in [0.05, 0.1) is 49.8 Å². The first kappa shape index (κ1) is 30.2. The number of carbonyl (C=O) groups excluding carboxylic acids is 1. The number of amides is 1. The summed E-state index contributed by atoms with van der Waals surface area (Å²) in [7, 11) is 1.89. The molecule has 1 amide bonds. The van der Waals surface area contributed by atoms with Crippen molar-refractivity contribution in [1.29, 1.82) is 0 Å². The Morgan fingerprint density at radius 3 is 2.34 bits per heavy atom. The highest BCUT2D eigenvalue weighted by molar-refractivity contribution is 9.10. The number of ether oxygens (including phenoxy) is 4. The molecule has 0 bridgehead atoms. The molecular weight excluding hydrogens is 554 g/mol. The average molecular weight is 595 g/mol. The average Bonchev–Trinajstić information content (AvgIpc) is 2.89. The lowest BCUT2D eigenvalue weighted by Gasteiger charge is -2.29. The van der Waals surface area contributed by atoms with E-state index < -0.39 is 0 Å². The molecule has 11 heteroatoms. The van der Waals surface area contributed by atoms with Gasteiger partial charge in [-0.25, -0.2) is 9.97 Å². The number of nitrogens with two attached hydrogens (primary N) is 1. The number of aromatic nitrogens is 2. The lowest BCUT2D eigenvalue weighted by molar-refractivity contribution is -0.136. The number of nitrogens with one attached hydrogen (secondary N) is 1. The van der Waals surface area contributed by atoms with Gasteiger partial charge in [-0.1, -0.05) is 6.42 Å². The van der Waals surface area contributed by atoms with Gasteiger partial charge in [-0.3, -0.25) is 4.79 Å². The van der Waals surface area contributed by atoms with E-state index in [2.05, 4.69) is 31.2 Å². The van der Waals surface area contributed by atoms with Crippen LogP contribution < -0.4 is 15.8 Å². The van der Waals surface area contributed by atoms with Crippen molar-refractivity contribution in [2.24, 2.45) is 11.7 Å². The molecule has 38 heavy (non-hydrogen) atoms. The Morgan fingerprint density at radius 2 is 1.71 bits per heavy atom. The molecule has 3 N–H and O–H groups in total. The molecule has 210 valence electrons. The predicted molar refractivity (Wildman–Crippen MR) is 150 cm³/mol. The van der Waals surface area contributed by atoms with Gasteiger partial charge < -0.3 is 34.9 Å². The fourth-order valence-corrected chi connectivity index (χ4v) is 4.20. The smallest absolute Gasteiger partial charge is 0.227 e. The zero-order chi connectivity index (χ0) is 27.0. The third-order valence-electron chi connectivity index (χ3n) is 6.17. The van der Waals surface area contributed by atoms with Crippen molar-refractivity contribution in [2.75, 3.05) is 71.7 Å². The van der Waals surface area contributed by atoms with Crippen LogP contribution in [0.4, 0.5) is 11.6 Å². The Bertz CT molecular complexity index is 961. The summed E-state index contributed by atoms with van der Waals surface area (Å²) in [5.41, 5.74) is 7.12. The third kappa shape index (κ3) is 10.8. The van der Waals surface area contributed by atoms with Crippen LogP contribution in [0.25, 0.3) is 0 Å². The van der Waals surface area contributed by atoms with Crippen LogP contribution in [0.15, 0.2) is 34.9 Å². The van der Waals surface area contributed by atoms with Gasteiger partial charge in [0, 0.05) is 37.9 Å². The standard InChI is InChI=1S/C27H40BrN5O5/c1-33(26(34)21-4-2-5-21)12-3-6-25-24(28)20-30-27(32-25)31-22-7-9-23(10-8-22)38-19-18-37-17-16-36-15-14-35-13-11-29/h7-10,20-21H,2-6,11-19,29H2,1H3,(H,30,31,32). The van der Waals surface area contributed by atoms with Gasteiger partial charge in [0.2, 0.25) is 11.9 Å². The molecule has 1 saturated carbocycles. The molecule has 0 spiro atoms. The normalized spacial score (nSPS) is 13.2. The lowest BCUT2D eigenvalue weighted by Crippen LogP contribution is -2.36. The molecule has 1 aromatic carbocycles. The molecule has 0 aliphatic heterocycles. The molecule has 1 aromatic heterocycles. The molecule has 2 aromatic rings. The molecule has 3 rings (SSSR count). The minimum atomic E-state index is 0.231. The zero-order valence-electron chi connectivity index (χ0n) is 22.2. The van der Waals surface area contributed by atoms with Crippen LogP contribution in [-0.4, -0.2) is 87.2 Å². The molecule has 1 fully saturated rings. The van der Waals surface area contributed by atoms with Gasteiger partial charge in [0.25, 0.3) is 0 Å². The van der Waals surface area contributed by atoms with Gasteiger partial charge in [0.15, 0.2) is 0 Å². The number of halogens is 1. The first-order valence-corrected chi connectivity index (χ1v) is 14.1. The number of aryl methyl sites for hydroxylation is 1. The van der Waals surface area contributed by atoms with Crippen LogP contribution in [0, 0.1) is 5.92 Å². The van der Waals surface area contributed by atoms with Crippen LogP contribution in [0.1, 0.15) is 31.4 Å². The molecule has 1 aliphatic carbocycles. The second-order valence-corrected chi connectivity index (χ2v) is 9.96. The van der Waals surface area contributed by atoms with Crippen molar-refractivity contribution in [2.45, 2.75) is 32.1 Å². The van der Waals surface area contributed by atoms with Crippen molar-refractivity contribution in [1.82, 2.24) is 14.9 Å². The second kappa shape index (κ2) is 17.3. The third-order valence-corrected chi connectivity index (χ3v) is 6.83. The largest absolute Gasteiger partial charge is 0.491 e. The quantitative estimate of drug-likeness (QED) is 0.235. The summed E-state index contributed by atoms with van der Waals surface area (Å²) in [6.07, 6.45) is 6.58. The number of carbonyl (C=O) groups is 1. The SMILES string of the molecule is CN(CCCc1nc(Nc2ccc(OCCOCCOCCOCCN)cc2)ncc1Br)C(=O)C1CCC1. The predicted octanol–water partition coefficient (Wildman–Crippen LogP) is 3.56. The van der Waals surface area contributed by atoms with Crippen LogP contribution >= 0.6 is 15.9 Å². The summed E-state index contributed by atoms with van der Waals surface area (Å²) in [5.74, 6) is 1.78. The summed E-state index contributed by atoms with van der Waals surface area (Å²) in [4.78, 5) is 23.2. The number of anilines is 2. The van der Waals surface area contributed by atoms with Gasteiger partial charge in [0.1, 0.15) is 12.4 Å². The number of nitrogens with zero attached hydrogens (tertiary/aromatic N) is 3. The lowest BCUT2D eigenvalue weighted by atomic mass is 9.84. The van der Waals surface area contributed by atoms with Crippen molar-refractivity contribution in [3.63, 3.8) is 0 Å². The first-order chi connectivity index (χ1) is 18.6. The van der Waals surface area contributed by atoms with Crippen molar-refractivity contribution in [3.8, 4) is 5.75 Å². The molecule has 0 radical (unpaired) electrons. The monoisotopic (exact) mass is 593 g/mol. The molecule has 0 unspecified atom stereocenters. The number of rotatable bonds is 19. The molecule has 0 atom stereocenters. The van der Waals surface area contributed by atoms with Crippen LogP contribution in [-0.2, 0) is 25.4 Å². The van der Waals surface area contributed by atoms with E-state index in [0.29, 0.717) is 58.7 Å². The van der Waals surface area contributed by atoms with Crippen LogP contribution in [0.3, 0.4) is 0 Å². The molecular formula is C27H40BrN5O5. The van der Waals surface area contributed by atoms with Crippen molar-refractivity contribution in [3.05, 3.63) is 40.6 Å². The molecule has 1 heterocycles. The maximum absolute atomic E-state index is 12.3. The maximum atomic E-state index is 12.3. The van der Waals surface area contributed by atoms with E-state index in [4.69, 9.17) is 24.7 Å². The van der Waals surface area contributed by atoms with Gasteiger partial charge in [-0.2, -0.15) is 0 Å². The number of benzene rings is 1. The van der Waals surface area contributed by atoms with Gasteiger partial charge in [-0.05, 0) is 65.9 Å². The van der Waals surface area contributed by atoms with Crippen molar-refractivity contribution >= 4 is 33.5 Å². The summed E-state index contributed by atoms with van der Waals surface area (Å²) in [5, 5.41) is 3.24. The fourth-order valence-electron chi connectivity index (χ4n) is 3.81. The number of hydrogen-bond donors (Lipinski definition) is 2. The highest BCUT2D eigenvalue weighted by atomic mass is 79.9. The molecule has 10 nitrogen and oxygen atoms in total. The van der Waals surface area contributed by atoms with E-state index in [9.17, 15) is 4.79 Å². The fraction of sp³-hybridized carbons (Fsp3) is 0.593. The Balaban J connectivity index is 1.32.